The Kier molecular flexibility index (Phi) is 3.83. The number of anilines is 1. The average molecular weight is 222 g/mol. The molecule has 0 aliphatic carbocycles. The fraction of sp³-hybridized carbons (Fsp3) is 0.750. The van der Waals surface area contributed by atoms with Crippen LogP contribution in [-0.2, 0) is 6.54 Å². The minimum absolute atomic E-state index is 0.612. The second-order valence-electron chi connectivity index (χ2n) is 4.49. The van der Waals surface area contributed by atoms with E-state index in [4.69, 9.17) is 0 Å². The maximum absolute atomic E-state index is 4.49. The number of likely N-dealkylation sites (N-methyl/N-ethyl adjacent to an activating group) is 1. The van der Waals surface area contributed by atoms with Crippen molar-refractivity contribution in [2.24, 2.45) is 0 Å². The molecule has 4 nitrogen and oxygen atoms in total. The summed E-state index contributed by atoms with van der Waals surface area (Å²) in [5, 5.41) is 3.37. The molecule has 0 radical (unpaired) electrons. The molecule has 4 heteroatoms. The Morgan fingerprint density at radius 2 is 2.44 bits per heavy atom. The highest BCUT2D eigenvalue weighted by molar-refractivity contribution is 5.32. The molecule has 1 saturated heterocycles. The summed E-state index contributed by atoms with van der Waals surface area (Å²) in [4.78, 5) is 6.89. The van der Waals surface area contributed by atoms with E-state index in [9.17, 15) is 0 Å². The molecule has 2 heterocycles. The van der Waals surface area contributed by atoms with Gasteiger partial charge in [0.05, 0.1) is 0 Å². The number of nitrogens with one attached hydrogen (secondary N) is 1. The molecule has 1 fully saturated rings. The summed E-state index contributed by atoms with van der Waals surface area (Å²) >= 11 is 0. The molecule has 1 aliphatic heterocycles. The summed E-state index contributed by atoms with van der Waals surface area (Å²) in [5.74, 6) is 1.14. The van der Waals surface area contributed by atoms with Crippen molar-refractivity contribution >= 4 is 5.95 Å². The molecule has 0 saturated carbocycles. The number of hydrogen-bond acceptors (Lipinski definition) is 3. The van der Waals surface area contributed by atoms with Crippen molar-refractivity contribution in [1.82, 2.24) is 14.9 Å². The average Bonchev–Trinajstić information content (AvgIpc) is 2.78. The molecule has 90 valence electrons. The zero-order chi connectivity index (χ0) is 11.4. The van der Waals surface area contributed by atoms with Gasteiger partial charge in [-0.25, -0.2) is 4.98 Å². The van der Waals surface area contributed by atoms with Crippen molar-refractivity contribution < 1.29 is 0 Å². The van der Waals surface area contributed by atoms with Crippen LogP contribution in [0.5, 0.6) is 0 Å². The van der Waals surface area contributed by atoms with Crippen LogP contribution in [0.4, 0.5) is 5.95 Å². The second-order valence-corrected chi connectivity index (χ2v) is 4.49. The van der Waals surface area contributed by atoms with Crippen LogP contribution in [0.1, 0.15) is 26.2 Å². The number of rotatable bonds is 4. The molecule has 0 spiro atoms. The van der Waals surface area contributed by atoms with Crippen molar-refractivity contribution in [2.45, 2.75) is 38.8 Å². The fourth-order valence-corrected chi connectivity index (χ4v) is 2.39. The standard InChI is InChI=1S/C12H22N4/c1-3-7-15-9-6-14-12(15)16-8-4-5-11(10-16)13-2/h6,9,11,13H,3-5,7-8,10H2,1-2H3. The van der Waals surface area contributed by atoms with Crippen molar-refractivity contribution in [1.29, 1.82) is 0 Å². The van der Waals surface area contributed by atoms with Crippen LogP contribution in [0.25, 0.3) is 0 Å². The summed E-state index contributed by atoms with van der Waals surface area (Å²) in [5.41, 5.74) is 0. The summed E-state index contributed by atoms with van der Waals surface area (Å²) in [6.45, 7) is 5.49. The lowest BCUT2D eigenvalue weighted by molar-refractivity contribution is 0.441. The predicted octanol–water partition coefficient (Wildman–Crippen LogP) is 1.48. The molecule has 1 unspecified atom stereocenters. The Morgan fingerprint density at radius 3 is 3.19 bits per heavy atom. The number of nitrogens with zero attached hydrogens (tertiary/aromatic N) is 3. The van der Waals surface area contributed by atoms with Gasteiger partial charge in [-0.15, -0.1) is 0 Å². The lowest BCUT2D eigenvalue weighted by atomic mass is 10.1. The molecule has 0 amide bonds. The van der Waals surface area contributed by atoms with E-state index in [1.54, 1.807) is 0 Å². The molecule has 0 aromatic carbocycles. The van der Waals surface area contributed by atoms with Gasteiger partial charge >= 0.3 is 0 Å². The van der Waals surface area contributed by atoms with E-state index in [2.05, 4.69) is 32.9 Å². The quantitative estimate of drug-likeness (QED) is 0.837. The van der Waals surface area contributed by atoms with Crippen LogP contribution in [0.2, 0.25) is 0 Å². The highest BCUT2D eigenvalue weighted by Crippen LogP contribution is 2.18. The SMILES string of the molecule is CCCn1ccnc1N1CCCC(NC)C1. The minimum atomic E-state index is 0.612. The first-order valence-electron chi connectivity index (χ1n) is 6.28. The van der Waals surface area contributed by atoms with E-state index in [1.807, 2.05) is 13.2 Å². The number of aryl methyl sites for hydroxylation is 1. The molecule has 1 aromatic heterocycles. The van der Waals surface area contributed by atoms with Gasteiger partial charge in [-0.05, 0) is 26.3 Å². The first-order chi connectivity index (χ1) is 7.85. The molecular weight excluding hydrogens is 200 g/mol. The van der Waals surface area contributed by atoms with Gasteiger partial charge in [0.1, 0.15) is 0 Å². The Labute approximate surface area is 97.7 Å². The lowest BCUT2D eigenvalue weighted by Crippen LogP contribution is -2.45. The van der Waals surface area contributed by atoms with Crippen LogP contribution < -0.4 is 10.2 Å². The Bertz CT molecular complexity index is 321. The van der Waals surface area contributed by atoms with E-state index in [0.29, 0.717) is 6.04 Å². The molecule has 1 aliphatic rings. The first-order valence-corrected chi connectivity index (χ1v) is 6.28. The summed E-state index contributed by atoms with van der Waals surface area (Å²) < 4.78 is 2.26. The largest absolute Gasteiger partial charge is 0.341 e. The Balaban J connectivity index is 2.07. The monoisotopic (exact) mass is 222 g/mol. The summed E-state index contributed by atoms with van der Waals surface area (Å²) in [6.07, 6.45) is 7.69. The third-order valence-corrected chi connectivity index (χ3v) is 3.27. The van der Waals surface area contributed by atoms with Gasteiger partial charge in [-0.1, -0.05) is 6.92 Å². The van der Waals surface area contributed by atoms with Crippen molar-refractivity contribution in [3.8, 4) is 0 Å². The van der Waals surface area contributed by atoms with Gasteiger partial charge in [0, 0.05) is 38.1 Å². The molecule has 1 N–H and O–H groups in total. The van der Waals surface area contributed by atoms with Gasteiger partial charge in [-0.2, -0.15) is 0 Å². The zero-order valence-corrected chi connectivity index (χ0v) is 10.3. The van der Waals surface area contributed by atoms with Crippen molar-refractivity contribution in [3.05, 3.63) is 12.4 Å². The van der Waals surface area contributed by atoms with E-state index >= 15 is 0 Å². The van der Waals surface area contributed by atoms with Crippen LogP contribution in [0.15, 0.2) is 12.4 Å². The van der Waals surface area contributed by atoms with E-state index in [1.165, 1.54) is 12.8 Å². The maximum Gasteiger partial charge on any atom is 0.205 e. The third-order valence-electron chi connectivity index (χ3n) is 3.27. The van der Waals surface area contributed by atoms with E-state index in [0.717, 1.165) is 32.0 Å². The number of aromatic nitrogens is 2. The van der Waals surface area contributed by atoms with Crippen molar-refractivity contribution in [2.75, 3.05) is 25.0 Å². The van der Waals surface area contributed by atoms with E-state index < -0.39 is 0 Å². The zero-order valence-electron chi connectivity index (χ0n) is 10.3. The maximum atomic E-state index is 4.49. The van der Waals surface area contributed by atoms with Crippen LogP contribution in [-0.4, -0.2) is 35.7 Å². The predicted molar refractivity (Wildman–Crippen MR) is 66.8 cm³/mol. The first kappa shape index (κ1) is 11.5. The van der Waals surface area contributed by atoms with Gasteiger partial charge in [-0.3, -0.25) is 0 Å². The molecule has 1 atom stereocenters. The van der Waals surface area contributed by atoms with Gasteiger partial charge in [0.25, 0.3) is 0 Å². The normalized spacial score (nSPS) is 21.4. The van der Waals surface area contributed by atoms with Crippen LogP contribution >= 0.6 is 0 Å². The Morgan fingerprint density at radius 1 is 1.56 bits per heavy atom. The molecule has 2 rings (SSSR count). The minimum Gasteiger partial charge on any atom is -0.341 e. The smallest absolute Gasteiger partial charge is 0.205 e. The number of piperidine rings is 1. The summed E-state index contributed by atoms with van der Waals surface area (Å²) in [7, 11) is 2.05. The lowest BCUT2D eigenvalue weighted by Gasteiger charge is -2.33. The topological polar surface area (TPSA) is 33.1 Å². The van der Waals surface area contributed by atoms with Crippen LogP contribution in [0.3, 0.4) is 0 Å². The number of imidazole rings is 1. The second kappa shape index (κ2) is 5.34. The van der Waals surface area contributed by atoms with E-state index in [-0.39, 0.29) is 0 Å². The molecule has 1 aromatic rings. The molecule has 16 heavy (non-hydrogen) atoms. The fourth-order valence-electron chi connectivity index (χ4n) is 2.39. The Hall–Kier alpha value is -1.03. The molecular formula is C12H22N4. The van der Waals surface area contributed by atoms with Crippen LogP contribution in [0, 0.1) is 0 Å². The highest BCUT2D eigenvalue weighted by atomic mass is 15.3. The number of hydrogen-bond donors (Lipinski definition) is 1. The van der Waals surface area contributed by atoms with Gasteiger partial charge in [0.15, 0.2) is 0 Å². The molecule has 0 bridgehead atoms. The highest BCUT2D eigenvalue weighted by Gasteiger charge is 2.21. The summed E-state index contributed by atoms with van der Waals surface area (Å²) in [6, 6.07) is 0.612. The van der Waals surface area contributed by atoms with Gasteiger partial charge < -0.3 is 14.8 Å². The van der Waals surface area contributed by atoms with Crippen molar-refractivity contribution in [3.63, 3.8) is 0 Å². The van der Waals surface area contributed by atoms with Gasteiger partial charge in [0.2, 0.25) is 5.95 Å². The third kappa shape index (κ3) is 2.38.